The molecule has 1 unspecified atom stereocenters. The number of amides is 2. The Morgan fingerprint density at radius 3 is 2.60 bits per heavy atom. The van der Waals surface area contributed by atoms with Gasteiger partial charge in [0.15, 0.2) is 0 Å². The zero-order valence-electron chi connectivity index (χ0n) is 16.9. The van der Waals surface area contributed by atoms with E-state index in [2.05, 4.69) is 15.6 Å². The van der Waals surface area contributed by atoms with Crippen LogP contribution in [-0.4, -0.2) is 21.4 Å². The second-order valence-corrected chi connectivity index (χ2v) is 7.15. The highest BCUT2D eigenvalue weighted by molar-refractivity contribution is 5.88. The van der Waals surface area contributed by atoms with E-state index in [0.717, 1.165) is 0 Å². The molecule has 154 valence electrons. The van der Waals surface area contributed by atoms with Gasteiger partial charge in [-0.1, -0.05) is 13.8 Å². The Morgan fingerprint density at radius 1 is 1.27 bits per heavy atom. The Bertz CT molecular complexity index is 1080. The van der Waals surface area contributed by atoms with Crippen molar-refractivity contribution in [1.82, 2.24) is 14.9 Å². The van der Waals surface area contributed by atoms with Gasteiger partial charge >= 0.3 is 0 Å². The van der Waals surface area contributed by atoms with Gasteiger partial charge in [0.25, 0.3) is 5.56 Å². The van der Waals surface area contributed by atoms with Gasteiger partial charge in [0.05, 0.1) is 11.6 Å². The van der Waals surface area contributed by atoms with Gasteiger partial charge in [0, 0.05) is 31.1 Å². The van der Waals surface area contributed by atoms with E-state index in [-0.39, 0.29) is 17.2 Å². The standard InChI is InChI=1S/C21H22N6O3/c1-13(2)7-19(27-6-4-5-17(21(27)30)25-14(3)28)20(29)26-18(10-23)16-8-15(9-22)11-24-12-16/h4-6,8,11-13,18-19H,7H2,1-3H3,(H,25,28)(H,26,29)/t18?,19-/m0/s1. The van der Waals surface area contributed by atoms with Crippen LogP contribution in [0.2, 0.25) is 0 Å². The highest BCUT2D eigenvalue weighted by atomic mass is 16.2. The average Bonchev–Trinajstić information content (AvgIpc) is 2.71. The predicted molar refractivity (Wildman–Crippen MR) is 109 cm³/mol. The van der Waals surface area contributed by atoms with Crippen molar-refractivity contribution >= 4 is 17.5 Å². The first-order valence-electron chi connectivity index (χ1n) is 9.30. The van der Waals surface area contributed by atoms with Crippen LogP contribution < -0.4 is 16.2 Å². The summed E-state index contributed by atoms with van der Waals surface area (Å²) in [5.41, 5.74) is 0.178. The van der Waals surface area contributed by atoms with E-state index < -0.39 is 29.5 Å². The first-order chi connectivity index (χ1) is 14.3. The van der Waals surface area contributed by atoms with Crippen molar-refractivity contribution in [1.29, 1.82) is 10.5 Å². The molecule has 2 aromatic heterocycles. The van der Waals surface area contributed by atoms with E-state index in [4.69, 9.17) is 5.26 Å². The molecule has 9 heteroatoms. The van der Waals surface area contributed by atoms with E-state index >= 15 is 0 Å². The van der Waals surface area contributed by atoms with Gasteiger partial charge in [0.2, 0.25) is 11.8 Å². The number of aromatic nitrogens is 2. The first-order valence-corrected chi connectivity index (χ1v) is 9.30. The largest absolute Gasteiger partial charge is 0.335 e. The molecule has 0 aliphatic rings. The summed E-state index contributed by atoms with van der Waals surface area (Å²) < 4.78 is 1.25. The zero-order valence-corrected chi connectivity index (χ0v) is 16.9. The van der Waals surface area contributed by atoms with Crippen LogP contribution in [0.4, 0.5) is 5.69 Å². The molecule has 0 saturated heterocycles. The van der Waals surface area contributed by atoms with Gasteiger partial charge in [-0.25, -0.2) is 0 Å². The Balaban J connectivity index is 2.38. The van der Waals surface area contributed by atoms with E-state index in [0.29, 0.717) is 12.0 Å². The predicted octanol–water partition coefficient (Wildman–Crippen LogP) is 2.04. The molecule has 2 amide bonds. The molecule has 0 bridgehead atoms. The molecular formula is C21H22N6O3. The molecule has 0 aromatic carbocycles. The lowest BCUT2D eigenvalue weighted by molar-refractivity contribution is -0.125. The maximum atomic E-state index is 13.1. The molecule has 0 aliphatic heterocycles. The van der Waals surface area contributed by atoms with Crippen LogP contribution in [0.25, 0.3) is 0 Å². The van der Waals surface area contributed by atoms with Crippen LogP contribution in [-0.2, 0) is 9.59 Å². The number of nitrogens with zero attached hydrogens (tertiary/aromatic N) is 4. The summed E-state index contributed by atoms with van der Waals surface area (Å²) >= 11 is 0. The number of carbonyl (C=O) groups excluding carboxylic acids is 2. The smallest absolute Gasteiger partial charge is 0.275 e. The maximum absolute atomic E-state index is 13.1. The summed E-state index contributed by atoms with van der Waals surface area (Å²) in [5.74, 6) is -0.856. The fourth-order valence-corrected chi connectivity index (χ4v) is 2.94. The molecular weight excluding hydrogens is 384 g/mol. The Labute approximate surface area is 174 Å². The van der Waals surface area contributed by atoms with E-state index in [1.165, 1.54) is 42.2 Å². The van der Waals surface area contributed by atoms with Crippen LogP contribution >= 0.6 is 0 Å². The Kier molecular flexibility index (Phi) is 7.43. The molecule has 2 atom stereocenters. The Hall–Kier alpha value is -3.98. The summed E-state index contributed by atoms with van der Waals surface area (Å²) in [6, 6.07) is 6.49. The van der Waals surface area contributed by atoms with Gasteiger partial charge < -0.3 is 15.2 Å². The average molecular weight is 406 g/mol. The second kappa shape index (κ2) is 9.99. The lowest BCUT2D eigenvalue weighted by Gasteiger charge is -2.23. The van der Waals surface area contributed by atoms with Crippen molar-refractivity contribution in [3.63, 3.8) is 0 Å². The van der Waals surface area contributed by atoms with Gasteiger partial charge in [-0.2, -0.15) is 10.5 Å². The number of nitriles is 2. The molecule has 2 heterocycles. The number of rotatable bonds is 7. The van der Waals surface area contributed by atoms with E-state index in [1.807, 2.05) is 26.0 Å². The fourth-order valence-electron chi connectivity index (χ4n) is 2.94. The van der Waals surface area contributed by atoms with Crippen molar-refractivity contribution < 1.29 is 9.59 Å². The highest BCUT2D eigenvalue weighted by Gasteiger charge is 2.26. The van der Waals surface area contributed by atoms with Crippen molar-refractivity contribution in [3.05, 3.63) is 58.3 Å². The number of hydrogen-bond donors (Lipinski definition) is 2. The molecule has 9 nitrogen and oxygen atoms in total. The first kappa shape index (κ1) is 22.3. The quantitative estimate of drug-likeness (QED) is 0.721. The minimum absolute atomic E-state index is 0.0642. The van der Waals surface area contributed by atoms with Crippen molar-refractivity contribution in [2.75, 3.05) is 5.32 Å². The molecule has 0 spiro atoms. The monoisotopic (exact) mass is 406 g/mol. The topological polar surface area (TPSA) is 141 Å². The number of hydrogen-bond acceptors (Lipinski definition) is 6. The number of nitrogens with one attached hydrogen (secondary N) is 2. The SMILES string of the molecule is CC(=O)Nc1cccn([C@@H](CC(C)C)C(=O)NC(C#N)c2cncc(C#N)c2)c1=O. The normalized spacial score (nSPS) is 12.3. The van der Waals surface area contributed by atoms with Gasteiger partial charge in [-0.15, -0.1) is 0 Å². The molecule has 0 fully saturated rings. The molecule has 2 rings (SSSR count). The van der Waals surface area contributed by atoms with Crippen LogP contribution in [0.3, 0.4) is 0 Å². The van der Waals surface area contributed by atoms with Crippen molar-refractivity contribution in [3.8, 4) is 12.1 Å². The molecule has 2 aromatic rings. The lowest BCUT2D eigenvalue weighted by Crippen LogP contribution is -2.39. The summed E-state index contributed by atoms with van der Waals surface area (Å²) in [6.45, 7) is 5.10. The summed E-state index contributed by atoms with van der Waals surface area (Å²) in [4.78, 5) is 41.1. The second-order valence-electron chi connectivity index (χ2n) is 7.15. The minimum Gasteiger partial charge on any atom is -0.335 e. The van der Waals surface area contributed by atoms with Gasteiger partial charge in [-0.05, 0) is 30.5 Å². The minimum atomic E-state index is -1.04. The third-order valence-corrected chi connectivity index (χ3v) is 4.26. The lowest BCUT2D eigenvalue weighted by atomic mass is 10.0. The summed E-state index contributed by atoms with van der Waals surface area (Å²) in [7, 11) is 0. The molecule has 0 aliphatic carbocycles. The molecule has 2 N–H and O–H groups in total. The van der Waals surface area contributed by atoms with Gasteiger partial charge in [-0.3, -0.25) is 19.4 Å². The summed E-state index contributed by atoms with van der Waals surface area (Å²) in [6.07, 6.45) is 4.56. The molecule has 30 heavy (non-hydrogen) atoms. The maximum Gasteiger partial charge on any atom is 0.275 e. The van der Waals surface area contributed by atoms with E-state index in [1.54, 1.807) is 6.07 Å². The molecule has 0 radical (unpaired) electrons. The van der Waals surface area contributed by atoms with Crippen LogP contribution in [0.5, 0.6) is 0 Å². The van der Waals surface area contributed by atoms with Crippen molar-refractivity contribution in [2.24, 2.45) is 5.92 Å². The zero-order chi connectivity index (χ0) is 22.3. The third-order valence-electron chi connectivity index (χ3n) is 4.26. The summed E-state index contributed by atoms with van der Waals surface area (Å²) in [5, 5.41) is 23.6. The number of anilines is 1. The van der Waals surface area contributed by atoms with Crippen molar-refractivity contribution in [2.45, 2.75) is 39.3 Å². The highest BCUT2D eigenvalue weighted by Crippen LogP contribution is 2.20. The van der Waals surface area contributed by atoms with Crippen LogP contribution in [0.15, 0.2) is 41.6 Å². The number of pyridine rings is 2. The van der Waals surface area contributed by atoms with E-state index in [9.17, 15) is 19.6 Å². The fraction of sp³-hybridized carbons (Fsp3) is 0.333. The Morgan fingerprint density at radius 2 is 2.00 bits per heavy atom. The van der Waals surface area contributed by atoms with Crippen LogP contribution in [0.1, 0.15) is 50.4 Å². The number of carbonyl (C=O) groups is 2. The van der Waals surface area contributed by atoms with Crippen LogP contribution in [0, 0.1) is 28.6 Å². The molecule has 0 saturated carbocycles. The third kappa shape index (κ3) is 5.52. The van der Waals surface area contributed by atoms with Gasteiger partial charge in [0.1, 0.15) is 23.8 Å².